The average molecular weight is 271 g/mol. The molecule has 1 aromatic carbocycles. The molecule has 106 valence electrons. The normalized spacial score (nSPS) is 10.6. The van der Waals surface area contributed by atoms with Gasteiger partial charge in [-0.1, -0.05) is 6.92 Å². The van der Waals surface area contributed by atoms with Crippen molar-refractivity contribution in [2.75, 3.05) is 11.9 Å². The molecule has 2 aromatic rings. The second-order valence-corrected chi connectivity index (χ2v) is 4.92. The quantitative estimate of drug-likeness (QED) is 0.644. The summed E-state index contributed by atoms with van der Waals surface area (Å²) in [5.41, 5.74) is 9.59. The molecular formula is C15H21N5. The fourth-order valence-electron chi connectivity index (χ4n) is 2.12. The van der Waals surface area contributed by atoms with Gasteiger partial charge in [-0.05, 0) is 36.8 Å². The third kappa shape index (κ3) is 2.99. The van der Waals surface area contributed by atoms with E-state index < -0.39 is 0 Å². The number of amidine groups is 1. The molecule has 0 aliphatic heterocycles. The summed E-state index contributed by atoms with van der Waals surface area (Å²) in [5, 5.41) is 11.9. The van der Waals surface area contributed by atoms with Crippen LogP contribution in [0, 0.1) is 5.41 Å². The minimum Gasteiger partial charge on any atom is -0.384 e. The Labute approximate surface area is 119 Å². The van der Waals surface area contributed by atoms with E-state index in [9.17, 15) is 0 Å². The van der Waals surface area contributed by atoms with Crippen LogP contribution in [0.25, 0.3) is 0 Å². The lowest BCUT2D eigenvalue weighted by molar-refractivity contribution is 0.689. The molecule has 0 amide bonds. The number of rotatable bonds is 5. The minimum absolute atomic E-state index is 0.0958. The lowest BCUT2D eigenvalue weighted by Crippen LogP contribution is -2.19. The first kappa shape index (κ1) is 14.1. The van der Waals surface area contributed by atoms with Crippen molar-refractivity contribution in [1.29, 1.82) is 5.41 Å². The van der Waals surface area contributed by atoms with Crippen LogP contribution >= 0.6 is 0 Å². The molecule has 0 bridgehead atoms. The standard InChI is InChI=1S/C15H21N5/c1-4-12-9-14(20(3)18-12)10-19(2)13-7-5-11(6-8-13)15(16)17/h5-9H,4,10H2,1-3H3,(H3,16,17). The number of benzene rings is 1. The largest absolute Gasteiger partial charge is 0.384 e. The van der Waals surface area contributed by atoms with Gasteiger partial charge in [0.25, 0.3) is 0 Å². The molecule has 3 N–H and O–H groups in total. The third-order valence-corrected chi connectivity index (χ3v) is 3.41. The van der Waals surface area contributed by atoms with Gasteiger partial charge < -0.3 is 10.6 Å². The van der Waals surface area contributed by atoms with Crippen LogP contribution in [0.2, 0.25) is 0 Å². The van der Waals surface area contributed by atoms with Crippen molar-refractivity contribution in [2.24, 2.45) is 12.8 Å². The molecule has 0 unspecified atom stereocenters. The fraction of sp³-hybridized carbons (Fsp3) is 0.333. The summed E-state index contributed by atoms with van der Waals surface area (Å²) in [5.74, 6) is 0.0958. The number of nitrogens with one attached hydrogen (secondary N) is 1. The van der Waals surface area contributed by atoms with Crippen LogP contribution in [0.3, 0.4) is 0 Å². The summed E-state index contributed by atoms with van der Waals surface area (Å²) < 4.78 is 1.93. The van der Waals surface area contributed by atoms with E-state index in [1.165, 1.54) is 5.69 Å². The summed E-state index contributed by atoms with van der Waals surface area (Å²) in [6, 6.07) is 9.84. The highest BCUT2D eigenvalue weighted by molar-refractivity contribution is 5.95. The Hall–Kier alpha value is -2.30. The van der Waals surface area contributed by atoms with Gasteiger partial charge >= 0.3 is 0 Å². The molecule has 20 heavy (non-hydrogen) atoms. The Balaban J connectivity index is 2.12. The number of hydrogen-bond acceptors (Lipinski definition) is 3. The Bertz CT molecular complexity index is 597. The number of hydrogen-bond donors (Lipinski definition) is 2. The molecule has 0 saturated heterocycles. The zero-order chi connectivity index (χ0) is 14.7. The zero-order valence-electron chi connectivity index (χ0n) is 12.2. The molecule has 0 saturated carbocycles. The molecule has 2 rings (SSSR count). The van der Waals surface area contributed by atoms with Gasteiger partial charge in [-0.3, -0.25) is 10.1 Å². The Morgan fingerprint density at radius 2 is 2.00 bits per heavy atom. The highest BCUT2D eigenvalue weighted by Gasteiger charge is 2.08. The van der Waals surface area contributed by atoms with E-state index in [4.69, 9.17) is 11.1 Å². The van der Waals surface area contributed by atoms with E-state index in [-0.39, 0.29) is 5.84 Å². The Morgan fingerprint density at radius 3 is 2.50 bits per heavy atom. The SMILES string of the molecule is CCc1cc(CN(C)c2ccc(C(=N)N)cc2)n(C)n1. The maximum Gasteiger partial charge on any atom is 0.122 e. The van der Waals surface area contributed by atoms with Crippen molar-refractivity contribution in [1.82, 2.24) is 9.78 Å². The smallest absolute Gasteiger partial charge is 0.122 e. The Morgan fingerprint density at radius 1 is 1.35 bits per heavy atom. The maximum atomic E-state index is 7.40. The van der Waals surface area contributed by atoms with Crippen LogP contribution in [-0.2, 0) is 20.0 Å². The van der Waals surface area contributed by atoms with Gasteiger partial charge in [-0.15, -0.1) is 0 Å². The predicted molar refractivity (Wildman–Crippen MR) is 82.2 cm³/mol. The first-order valence-electron chi connectivity index (χ1n) is 6.68. The van der Waals surface area contributed by atoms with Gasteiger partial charge in [0.15, 0.2) is 0 Å². The van der Waals surface area contributed by atoms with Crippen molar-refractivity contribution >= 4 is 11.5 Å². The van der Waals surface area contributed by atoms with Crippen molar-refractivity contribution in [3.8, 4) is 0 Å². The summed E-state index contributed by atoms with van der Waals surface area (Å²) >= 11 is 0. The highest BCUT2D eigenvalue weighted by Crippen LogP contribution is 2.16. The summed E-state index contributed by atoms with van der Waals surface area (Å²) in [7, 11) is 4.02. The van der Waals surface area contributed by atoms with E-state index in [1.807, 2.05) is 43.0 Å². The Kier molecular flexibility index (Phi) is 4.08. The number of aryl methyl sites for hydroxylation is 2. The lowest BCUT2D eigenvalue weighted by Gasteiger charge is -2.19. The van der Waals surface area contributed by atoms with Gasteiger partial charge in [0.1, 0.15) is 5.84 Å². The maximum absolute atomic E-state index is 7.40. The molecule has 5 heteroatoms. The van der Waals surface area contributed by atoms with Crippen LogP contribution in [0.5, 0.6) is 0 Å². The van der Waals surface area contributed by atoms with Crippen molar-refractivity contribution in [3.63, 3.8) is 0 Å². The number of nitrogen functional groups attached to an aromatic ring is 1. The molecule has 0 aliphatic carbocycles. The minimum atomic E-state index is 0.0958. The molecule has 0 spiro atoms. The van der Waals surface area contributed by atoms with E-state index in [0.717, 1.165) is 29.9 Å². The molecule has 0 radical (unpaired) electrons. The van der Waals surface area contributed by atoms with Crippen LogP contribution in [-0.4, -0.2) is 22.7 Å². The first-order valence-corrected chi connectivity index (χ1v) is 6.68. The van der Waals surface area contributed by atoms with Gasteiger partial charge in [-0.2, -0.15) is 5.10 Å². The molecule has 0 atom stereocenters. The van der Waals surface area contributed by atoms with Crippen molar-refractivity contribution < 1.29 is 0 Å². The topological polar surface area (TPSA) is 70.9 Å². The second kappa shape index (κ2) is 5.77. The van der Waals surface area contributed by atoms with Gasteiger partial charge in [0.05, 0.1) is 17.9 Å². The van der Waals surface area contributed by atoms with Gasteiger partial charge in [0, 0.05) is 25.3 Å². The van der Waals surface area contributed by atoms with Crippen LogP contribution in [0.15, 0.2) is 30.3 Å². The lowest BCUT2D eigenvalue weighted by atomic mass is 10.2. The van der Waals surface area contributed by atoms with E-state index in [1.54, 1.807) is 0 Å². The molecule has 5 nitrogen and oxygen atoms in total. The highest BCUT2D eigenvalue weighted by atomic mass is 15.3. The van der Waals surface area contributed by atoms with E-state index in [2.05, 4.69) is 23.0 Å². The van der Waals surface area contributed by atoms with Crippen LogP contribution in [0.1, 0.15) is 23.9 Å². The first-order chi connectivity index (χ1) is 9.51. The average Bonchev–Trinajstić information content (AvgIpc) is 2.79. The number of anilines is 1. The van der Waals surface area contributed by atoms with E-state index in [0.29, 0.717) is 0 Å². The van der Waals surface area contributed by atoms with Gasteiger partial charge in [-0.25, -0.2) is 0 Å². The van der Waals surface area contributed by atoms with Crippen molar-refractivity contribution in [3.05, 3.63) is 47.3 Å². The second-order valence-electron chi connectivity index (χ2n) is 4.92. The summed E-state index contributed by atoms with van der Waals surface area (Å²) in [6.07, 6.45) is 0.949. The molecule has 1 aromatic heterocycles. The predicted octanol–water partition coefficient (Wildman–Crippen LogP) is 1.90. The van der Waals surface area contributed by atoms with Gasteiger partial charge in [0.2, 0.25) is 0 Å². The number of aromatic nitrogens is 2. The monoisotopic (exact) mass is 271 g/mol. The zero-order valence-corrected chi connectivity index (χ0v) is 12.2. The number of nitrogens with zero attached hydrogens (tertiary/aromatic N) is 3. The third-order valence-electron chi connectivity index (χ3n) is 3.41. The molecule has 1 heterocycles. The fourth-order valence-corrected chi connectivity index (χ4v) is 2.12. The molecule has 0 aliphatic rings. The molecular weight excluding hydrogens is 250 g/mol. The number of nitrogens with two attached hydrogens (primary N) is 1. The summed E-state index contributed by atoms with van der Waals surface area (Å²) in [6.45, 7) is 2.90. The van der Waals surface area contributed by atoms with Crippen LogP contribution < -0.4 is 10.6 Å². The molecule has 0 fully saturated rings. The van der Waals surface area contributed by atoms with Crippen molar-refractivity contribution in [2.45, 2.75) is 19.9 Å². The summed E-state index contributed by atoms with van der Waals surface area (Å²) in [4.78, 5) is 2.15. The van der Waals surface area contributed by atoms with E-state index >= 15 is 0 Å². The van der Waals surface area contributed by atoms with Crippen LogP contribution in [0.4, 0.5) is 5.69 Å².